The number of nitrogens with zero attached hydrogens (tertiary/aromatic N) is 1. The van der Waals surface area contributed by atoms with Gasteiger partial charge in [-0.2, -0.15) is 0 Å². The van der Waals surface area contributed by atoms with Crippen LogP contribution in [0.2, 0.25) is 0 Å². The molecule has 0 spiro atoms. The van der Waals surface area contributed by atoms with Crippen LogP contribution in [-0.2, 0) is 12.0 Å². The zero-order chi connectivity index (χ0) is 13.9. The van der Waals surface area contributed by atoms with Crippen LogP contribution in [0.1, 0.15) is 52.8 Å². The highest BCUT2D eigenvalue weighted by Crippen LogP contribution is 2.25. The third kappa shape index (κ3) is 3.98. The Morgan fingerprint density at radius 2 is 1.83 bits per heavy atom. The van der Waals surface area contributed by atoms with E-state index >= 15 is 0 Å². The number of hydrogen-bond acceptors (Lipinski definition) is 3. The van der Waals surface area contributed by atoms with Crippen LogP contribution in [0.5, 0.6) is 5.88 Å². The number of aromatic nitrogens is 1. The van der Waals surface area contributed by atoms with Gasteiger partial charge in [0.15, 0.2) is 0 Å². The summed E-state index contributed by atoms with van der Waals surface area (Å²) in [6, 6.07) is 4.00. The molecule has 1 aromatic heterocycles. The number of ether oxygens (including phenoxy) is 1. The van der Waals surface area contributed by atoms with Gasteiger partial charge in [0.1, 0.15) is 0 Å². The van der Waals surface area contributed by atoms with Crippen LogP contribution in [0.4, 0.5) is 0 Å². The maximum Gasteiger partial charge on any atom is 0.214 e. The Balaban J connectivity index is 3.05. The minimum atomic E-state index is 0.00432. The molecule has 102 valence electrons. The molecule has 0 bridgehead atoms. The van der Waals surface area contributed by atoms with Crippen molar-refractivity contribution in [2.45, 2.75) is 59.6 Å². The SMILES string of the molecule is CC(C)C(C)Oc1cc(CN)cc(C(C)(C)C)n1. The first kappa shape index (κ1) is 15.0. The summed E-state index contributed by atoms with van der Waals surface area (Å²) in [5.74, 6) is 1.15. The average Bonchev–Trinajstić information content (AvgIpc) is 2.27. The fourth-order valence-corrected chi connectivity index (χ4v) is 1.45. The van der Waals surface area contributed by atoms with Crippen LogP contribution in [0.15, 0.2) is 12.1 Å². The Labute approximate surface area is 111 Å². The Morgan fingerprint density at radius 3 is 2.28 bits per heavy atom. The number of pyridine rings is 1. The molecule has 3 heteroatoms. The van der Waals surface area contributed by atoms with Gasteiger partial charge in [-0.25, -0.2) is 4.98 Å². The molecule has 0 aliphatic heterocycles. The number of rotatable bonds is 4. The molecule has 1 aromatic rings. The molecule has 1 unspecified atom stereocenters. The average molecular weight is 250 g/mol. The van der Waals surface area contributed by atoms with Crippen LogP contribution < -0.4 is 10.5 Å². The van der Waals surface area contributed by atoms with Gasteiger partial charge in [-0.1, -0.05) is 34.6 Å². The second-order valence-electron chi connectivity index (χ2n) is 6.22. The monoisotopic (exact) mass is 250 g/mol. The number of hydrogen-bond donors (Lipinski definition) is 1. The summed E-state index contributed by atoms with van der Waals surface area (Å²) in [6.45, 7) is 13.3. The molecule has 18 heavy (non-hydrogen) atoms. The molecule has 0 fully saturated rings. The lowest BCUT2D eigenvalue weighted by atomic mass is 9.91. The first-order valence-electron chi connectivity index (χ1n) is 6.62. The van der Waals surface area contributed by atoms with Gasteiger partial charge >= 0.3 is 0 Å². The summed E-state index contributed by atoms with van der Waals surface area (Å²) in [7, 11) is 0. The predicted octanol–water partition coefficient (Wildman–Crippen LogP) is 3.26. The molecule has 0 aliphatic carbocycles. The molecule has 1 rings (SSSR count). The van der Waals surface area contributed by atoms with Crippen LogP contribution in [0.25, 0.3) is 0 Å². The van der Waals surface area contributed by atoms with Gasteiger partial charge in [0.05, 0.1) is 11.8 Å². The molecule has 0 amide bonds. The van der Waals surface area contributed by atoms with E-state index in [0.29, 0.717) is 18.3 Å². The minimum Gasteiger partial charge on any atom is -0.474 e. The van der Waals surface area contributed by atoms with E-state index in [1.165, 1.54) is 0 Å². The van der Waals surface area contributed by atoms with Gasteiger partial charge in [0, 0.05) is 18.0 Å². The lowest BCUT2D eigenvalue weighted by Gasteiger charge is -2.22. The number of nitrogens with two attached hydrogens (primary N) is 1. The van der Waals surface area contributed by atoms with Gasteiger partial charge in [0.2, 0.25) is 5.88 Å². The van der Waals surface area contributed by atoms with E-state index < -0.39 is 0 Å². The highest BCUT2D eigenvalue weighted by atomic mass is 16.5. The molecule has 3 nitrogen and oxygen atoms in total. The third-order valence-corrected chi connectivity index (χ3v) is 3.11. The highest BCUT2D eigenvalue weighted by molar-refractivity contribution is 5.28. The van der Waals surface area contributed by atoms with E-state index in [2.05, 4.69) is 52.6 Å². The Hall–Kier alpha value is -1.09. The molecule has 0 aromatic carbocycles. The van der Waals surface area contributed by atoms with Gasteiger partial charge in [-0.15, -0.1) is 0 Å². The molecule has 0 saturated carbocycles. The van der Waals surface area contributed by atoms with E-state index in [0.717, 1.165) is 11.3 Å². The molecule has 2 N–H and O–H groups in total. The summed E-state index contributed by atoms with van der Waals surface area (Å²) in [5.41, 5.74) is 7.84. The Morgan fingerprint density at radius 1 is 1.22 bits per heavy atom. The first-order valence-corrected chi connectivity index (χ1v) is 6.62. The zero-order valence-electron chi connectivity index (χ0n) is 12.4. The van der Waals surface area contributed by atoms with Crippen molar-refractivity contribution in [1.29, 1.82) is 0 Å². The van der Waals surface area contributed by atoms with Crippen molar-refractivity contribution in [3.8, 4) is 5.88 Å². The van der Waals surface area contributed by atoms with Crippen molar-refractivity contribution in [2.24, 2.45) is 11.7 Å². The maximum absolute atomic E-state index is 5.89. The summed E-state index contributed by atoms with van der Waals surface area (Å²) in [4.78, 5) is 4.60. The van der Waals surface area contributed by atoms with E-state index in [1.807, 2.05) is 6.07 Å². The summed E-state index contributed by atoms with van der Waals surface area (Å²) < 4.78 is 5.89. The first-order chi connectivity index (χ1) is 8.24. The lowest BCUT2D eigenvalue weighted by Crippen LogP contribution is -2.21. The fourth-order valence-electron chi connectivity index (χ4n) is 1.45. The fraction of sp³-hybridized carbons (Fsp3) is 0.667. The van der Waals surface area contributed by atoms with E-state index in [-0.39, 0.29) is 11.5 Å². The summed E-state index contributed by atoms with van der Waals surface area (Å²) in [5, 5.41) is 0. The normalized spacial score (nSPS) is 13.8. The summed E-state index contributed by atoms with van der Waals surface area (Å²) in [6.07, 6.45) is 0.151. The predicted molar refractivity (Wildman–Crippen MR) is 75.8 cm³/mol. The van der Waals surface area contributed by atoms with Gasteiger partial charge in [-0.3, -0.25) is 0 Å². The molecule has 0 aliphatic rings. The van der Waals surface area contributed by atoms with Gasteiger partial charge in [-0.05, 0) is 24.5 Å². The van der Waals surface area contributed by atoms with Crippen LogP contribution in [0.3, 0.4) is 0 Å². The zero-order valence-corrected chi connectivity index (χ0v) is 12.4. The Bertz CT molecular complexity index is 394. The Kier molecular flexibility index (Phi) is 4.74. The molecular weight excluding hydrogens is 224 g/mol. The molecule has 1 atom stereocenters. The van der Waals surface area contributed by atoms with Crippen molar-refractivity contribution in [3.05, 3.63) is 23.4 Å². The third-order valence-electron chi connectivity index (χ3n) is 3.11. The van der Waals surface area contributed by atoms with Crippen molar-refractivity contribution in [3.63, 3.8) is 0 Å². The second-order valence-corrected chi connectivity index (χ2v) is 6.22. The van der Waals surface area contributed by atoms with E-state index in [9.17, 15) is 0 Å². The lowest BCUT2D eigenvalue weighted by molar-refractivity contribution is 0.162. The molecule has 0 saturated heterocycles. The van der Waals surface area contributed by atoms with Crippen LogP contribution in [0, 0.1) is 5.92 Å². The summed E-state index contributed by atoms with van der Waals surface area (Å²) >= 11 is 0. The topological polar surface area (TPSA) is 48.1 Å². The smallest absolute Gasteiger partial charge is 0.214 e. The van der Waals surface area contributed by atoms with Crippen molar-refractivity contribution < 1.29 is 4.74 Å². The van der Waals surface area contributed by atoms with Gasteiger partial charge < -0.3 is 10.5 Å². The maximum atomic E-state index is 5.89. The minimum absolute atomic E-state index is 0.00432. The van der Waals surface area contributed by atoms with E-state index in [1.54, 1.807) is 0 Å². The standard InChI is InChI=1S/C15H26N2O/c1-10(2)11(3)18-14-8-12(9-16)7-13(17-14)15(4,5)6/h7-8,10-11H,9,16H2,1-6H3. The van der Waals surface area contributed by atoms with Crippen molar-refractivity contribution >= 4 is 0 Å². The largest absolute Gasteiger partial charge is 0.474 e. The van der Waals surface area contributed by atoms with Crippen molar-refractivity contribution in [2.75, 3.05) is 0 Å². The van der Waals surface area contributed by atoms with Crippen molar-refractivity contribution in [1.82, 2.24) is 4.98 Å². The van der Waals surface area contributed by atoms with Crippen LogP contribution >= 0.6 is 0 Å². The molecular formula is C15H26N2O. The second kappa shape index (κ2) is 5.70. The van der Waals surface area contributed by atoms with Gasteiger partial charge in [0.25, 0.3) is 0 Å². The van der Waals surface area contributed by atoms with Crippen LogP contribution in [-0.4, -0.2) is 11.1 Å². The quantitative estimate of drug-likeness (QED) is 0.892. The molecule has 0 radical (unpaired) electrons. The highest BCUT2D eigenvalue weighted by Gasteiger charge is 2.18. The van der Waals surface area contributed by atoms with E-state index in [4.69, 9.17) is 10.5 Å². The molecule has 1 heterocycles.